The zero-order chi connectivity index (χ0) is 15.6. The van der Waals surface area contributed by atoms with Gasteiger partial charge < -0.3 is 9.88 Å². The number of hydrogen-bond acceptors (Lipinski definition) is 1. The van der Waals surface area contributed by atoms with E-state index in [0.29, 0.717) is 0 Å². The SMILES string of the molecule is CCn1c(C)cc(CNC(C)(C)c2ccc(Br)cc2)c1C. The van der Waals surface area contributed by atoms with Crippen molar-refractivity contribution in [1.82, 2.24) is 9.88 Å². The molecular formula is C18H25BrN2. The first-order valence-electron chi connectivity index (χ1n) is 7.52. The second-order valence-corrected chi connectivity index (χ2v) is 7.04. The molecule has 0 bridgehead atoms. The second kappa shape index (κ2) is 6.37. The van der Waals surface area contributed by atoms with E-state index in [1.807, 2.05) is 0 Å². The summed E-state index contributed by atoms with van der Waals surface area (Å²) in [6.07, 6.45) is 0. The molecule has 0 aliphatic rings. The molecule has 114 valence electrons. The molecule has 0 spiro atoms. The fraction of sp³-hybridized carbons (Fsp3) is 0.444. The summed E-state index contributed by atoms with van der Waals surface area (Å²) < 4.78 is 3.48. The maximum atomic E-state index is 3.69. The van der Waals surface area contributed by atoms with Gasteiger partial charge in [-0.05, 0) is 63.9 Å². The van der Waals surface area contributed by atoms with E-state index < -0.39 is 0 Å². The van der Waals surface area contributed by atoms with E-state index in [9.17, 15) is 0 Å². The normalized spacial score (nSPS) is 11.9. The van der Waals surface area contributed by atoms with Gasteiger partial charge in [-0.2, -0.15) is 0 Å². The number of aromatic nitrogens is 1. The second-order valence-electron chi connectivity index (χ2n) is 6.13. The molecule has 21 heavy (non-hydrogen) atoms. The Morgan fingerprint density at radius 3 is 2.29 bits per heavy atom. The molecule has 0 atom stereocenters. The molecule has 0 aliphatic carbocycles. The summed E-state index contributed by atoms with van der Waals surface area (Å²) in [6, 6.07) is 10.8. The number of halogens is 1. The zero-order valence-corrected chi connectivity index (χ0v) is 15.2. The van der Waals surface area contributed by atoms with Crippen LogP contribution >= 0.6 is 15.9 Å². The van der Waals surface area contributed by atoms with Crippen LogP contribution in [0.3, 0.4) is 0 Å². The Balaban J connectivity index is 2.13. The number of aryl methyl sites for hydroxylation is 1. The van der Waals surface area contributed by atoms with Crippen molar-refractivity contribution in [1.29, 1.82) is 0 Å². The largest absolute Gasteiger partial charge is 0.349 e. The first-order valence-corrected chi connectivity index (χ1v) is 8.31. The molecule has 0 fully saturated rings. The van der Waals surface area contributed by atoms with Crippen LogP contribution in [-0.4, -0.2) is 4.57 Å². The number of rotatable bonds is 5. The summed E-state index contributed by atoms with van der Waals surface area (Å²) in [4.78, 5) is 0. The van der Waals surface area contributed by atoms with E-state index in [-0.39, 0.29) is 5.54 Å². The quantitative estimate of drug-likeness (QED) is 0.811. The van der Waals surface area contributed by atoms with Crippen molar-refractivity contribution in [3.63, 3.8) is 0 Å². The Bertz CT molecular complexity index is 609. The maximum Gasteiger partial charge on any atom is 0.0380 e. The van der Waals surface area contributed by atoms with E-state index in [1.54, 1.807) is 0 Å². The molecular weight excluding hydrogens is 324 g/mol. The molecule has 2 rings (SSSR count). The van der Waals surface area contributed by atoms with Gasteiger partial charge in [0.05, 0.1) is 0 Å². The topological polar surface area (TPSA) is 17.0 Å². The van der Waals surface area contributed by atoms with Crippen LogP contribution in [0.5, 0.6) is 0 Å². The number of nitrogens with zero attached hydrogens (tertiary/aromatic N) is 1. The van der Waals surface area contributed by atoms with E-state index >= 15 is 0 Å². The summed E-state index contributed by atoms with van der Waals surface area (Å²) in [5.41, 5.74) is 5.35. The predicted molar refractivity (Wildman–Crippen MR) is 93.6 cm³/mol. The molecule has 1 aromatic heterocycles. The average molecular weight is 349 g/mol. The zero-order valence-electron chi connectivity index (χ0n) is 13.6. The summed E-state index contributed by atoms with van der Waals surface area (Å²) in [5, 5.41) is 3.69. The third-order valence-electron chi connectivity index (χ3n) is 4.28. The van der Waals surface area contributed by atoms with Gasteiger partial charge in [0, 0.05) is 34.5 Å². The highest BCUT2D eigenvalue weighted by Crippen LogP contribution is 2.23. The first-order chi connectivity index (χ1) is 9.85. The van der Waals surface area contributed by atoms with Crippen molar-refractivity contribution < 1.29 is 0 Å². The predicted octanol–water partition coefficient (Wildman–Crippen LogP) is 4.91. The smallest absolute Gasteiger partial charge is 0.0380 e. The maximum absolute atomic E-state index is 3.69. The lowest BCUT2D eigenvalue weighted by molar-refractivity contribution is 0.400. The Morgan fingerprint density at radius 2 is 1.76 bits per heavy atom. The Labute approximate surface area is 136 Å². The van der Waals surface area contributed by atoms with Gasteiger partial charge in [-0.3, -0.25) is 0 Å². The van der Waals surface area contributed by atoms with Gasteiger partial charge in [-0.25, -0.2) is 0 Å². The van der Waals surface area contributed by atoms with Crippen LogP contribution in [0, 0.1) is 13.8 Å². The van der Waals surface area contributed by atoms with E-state index in [1.165, 1.54) is 22.5 Å². The highest BCUT2D eigenvalue weighted by Gasteiger charge is 2.20. The number of nitrogens with one attached hydrogen (secondary N) is 1. The van der Waals surface area contributed by atoms with Gasteiger partial charge in [0.1, 0.15) is 0 Å². The fourth-order valence-electron chi connectivity index (χ4n) is 2.82. The molecule has 0 unspecified atom stereocenters. The third kappa shape index (κ3) is 3.58. The summed E-state index contributed by atoms with van der Waals surface area (Å²) in [6.45, 7) is 13.0. The van der Waals surface area contributed by atoms with Crippen molar-refractivity contribution in [2.24, 2.45) is 0 Å². The van der Waals surface area contributed by atoms with Crippen LogP contribution < -0.4 is 5.32 Å². The lowest BCUT2D eigenvalue weighted by Gasteiger charge is -2.27. The van der Waals surface area contributed by atoms with E-state index in [0.717, 1.165) is 17.6 Å². The van der Waals surface area contributed by atoms with Crippen LogP contribution in [0.2, 0.25) is 0 Å². The minimum atomic E-state index is -0.0463. The lowest BCUT2D eigenvalue weighted by atomic mass is 9.94. The van der Waals surface area contributed by atoms with Crippen LogP contribution in [-0.2, 0) is 18.6 Å². The summed E-state index contributed by atoms with van der Waals surface area (Å²) in [5.74, 6) is 0. The van der Waals surface area contributed by atoms with Crippen LogP contribution in [0.1, 0.15) is 43.3 Å². The first kappa shape index (κ1) is 16.3. The molecule has 0 saturated carbocycles. The molecule has 1 N–H and O–H groups in total. The molecule has 2 nitrogen and oxygen atoms in total. The highest BCUT2D eigenvalue weighted by atomic mass is 79.9. The van der Waals surface area contributed by atoms with Crippen molar-refractivity contribution in [3.8, 4) is 0 Å². The van der Waals surface area contributed by atoms with Crippen molar-refractivity contribution in [2.45, 2.75) is 53.2 Å². The Morgan fingerprint density at radius 1 is 1.14 bits per heavy atom. The monoisotopic (exact) mass is 348 g/mol. The molecule has 0 radical (unpaired) electrons. The van der Waals surface area contributed by atoms with Crippen molar-refractivity contribution in [3.05, 3.63) is 57.3 Å². The van der Waals surface area contributed by atoms with Crippen molar-refractivity contribution >= 4 is 15.9 Å². The minimum Gasteiger partial charge on any atom is -0.349 e. The third-order valence-corrected chi connectivity index (χ3v) is 4.81. The van der Waals surface area contributed by atoms with Crippen LogP contribution in [0.15, 0.2) is 34.8 Å². The molecule has 1 aromatic carbocycles. The summed E-state index contributed by atoms with van der Waals surface area (Å²) >= 11 is 3.49. The fourth-order valence-corrected chi connectivity index (χ4v) is 3.09. The number of hydrogen-bond donors (Lipinski definition) is 1. The minimum absolute atomic E-state index is 0.0463. The average Bonchev–Trinajstić information content (AvgIpc) is 2.71. The summed E-state index contributed by atoms with van der Waals surface area (Å²) in [7, 11) is 0. The van der Waals surface area contributed by atoms with Gasteiger partial charge in [0.15, 0.2) is 0 Å². The molecule has 0 aliphatic heterocycles. The van der Waals surface area contributed by atoms with Gasteiger partial charge in [0.2, 0.25) is 0 Å². The van der Waals surface area contributed by atoms with Gasteiger partial charge in [-0.15, -0.1) is 0 Å². The van der Waals surface area contributed by atoms with Crippen LogP contribution in [0.4, 0.5) is 0 Å². The Kier molecular flexibility index (Phi) is 4.95. The molecule has 1 heterocycles. The molecule has 0 saturated heterocycles. The number of benzene rings is 1. The molecule has 0 amide bonds. The van der Waals surface area contributed by atoms with E-state index in [4.69, 9.17) is 0 Å². The molecule has 3 heteroatoms. The Hall–Kier alpha value is -1.06. The highest BCUT2D eigenvalue weighted by molar-refractivity contribution is 9.10. The van der Waals surface area contributed by atoms with Crippen LogP contribution in [0.25, 0.3) is 0 Å². The van der Waals surface area contributed by atoms with E-state index in [2.05, 4.69) is 90.8 Å². The standard InChI is InChI=1S/C18H25BrN2/c1-6-21-13(2)11-15(14(21)3)12-20-18(4,5)16-7-9-17(19)10-8-16/h7-11,20H,6,12H2,1-5H3. The lowest BCUT2D eigenvalue weighted by Crippen LogP contribution is -2.36. The molecule has 2 aromatic rings. The van der Waals surface area contributed by atoms with Gasteiger partial charge in [0.25, 0.3) is 0 Å². The van der Waals surface area contributed by atoms with Crippen molar-refractivity contribution in [2.75, 3.05) is 0 Å². The van der Waals surface area contributed by atoms with Gasteiger partial charge >= 0.3 is 0 Å². The van der Waals surface area contributed by atoms with Gasteiger partial charge in [-0.1, -0.05) is 28.1 Å².